The smallest absolute Gasteiger partial charge is 0.494 e. The molecule has 2 amide bonds. The summed E-state index contributed by atoms with van der Waals surface area (Å²) in [5.74, 6) is 2.41. The lowest BCUT2D eigenvalue weighted by molar-refractivity contribution is -0.135. The van der Waals surface area contributed by atoms with Crippen LogP contribution in [0.3, 0.4) is 0 Å². The second kappa shape index (κ2) is 14.5. The normalized spacial score (nSPS) is 19.9. The minimum atomic E-state index is -0.714. The largest absolute Gasteiger partial charge is 0.497 e. The van der Waals surface area contributed by atoms with Crippen LogP contribution in [0.5, 0.6) is 17.2 Å². The van der Waals surface area contributed by atoms with E-state index in [0.29, 0.717) is 29.6 Å². The summed E-state index contributed by atoms with van der Waals surface area (Å²) in [5.41, 5.74) is 5.46. The van der Waals surface area contributed by atoms with Gasteiger partial charge in [-0.3, -0.25) is 4.79 Å². The molecule has 3 atom stereocenters. The number of aromatic nitrogens is 3. The third-order valence-corrected chi connectivity index (χ3v) is 11.9. The number of alkyl carbamates (subject to hydrolysis) is 1. The van der Waals surface area contributed by atoms with E-state index in [9.17, 15) is 9.59 Å². The van der Waals surface area contributed by atoms with Crippen molar-refractivity contribution in [3.8, 4) is 39.8 Å². The first kappa shape index (κ1) is 38.4. The van der Waals surface area contributed by atoms with Crippen LogP contribution in [0, 0.1) is 5.92 Å². The number of aromatic amines is 1. The molecule has 13 nitrogen and oxygen atoms in total. The van der Waals surface area contributed by atoms with Crippen molar-refractivity contribution in [3.63, 3.8) is 0 Å². The number of carbonyl (C=O) groups excluding carboxylic acids is 2. The number of amides is 2. The average Bonchev–Trinajstić information content (AvgIpc) is 4.00. The molecule has 0 saturated carbocycles. The maximum absolute atomic E-state index is 13.8. The standard InChI is InChI=1S/C43H50BN5O8/c1-24(2)37(47-41(51)54-9)39(50)48-16-10-11-34(48)38-45-23-32(46-38)25-12-14-31-35-20-26-17-28(44-56-42(3,4)43(5,6)57-44)13-15-33(26)49(35)40(55-36(31)21-25)27-18-29(52-7)22-30(19-27)53-8/h12-15,17-24,34,37,40H,10-11,16H2,1-9H3,(H,45,46)(H,47,51). The zero-order valence-corrected chi connectivity index (χ0v) is 34.0. The maximum Gasteiger partial charge on any atom is 0.494 e. The highest BCUT2D eigenvalue weighted by Crippen LogP contribution is 2.47. The summed E-state index contributed by atoms with van der Waals surface area (Å²) in [6, 6.07) is 19.5. The second-order valence-electron chi connectivity index (χ2n) is 16.4. The third-order valence-electron chi connectivity index (χ3n) is 11.9. The summed E-state index contributed by atoms with van der Waals surface area (Å²) in [7, 11) is 4.07. The molecule has 5 heterocycles. The summed E-state index contributed by atoms with van der Waals surface area (Å²) in [4.78, 5) is 35.9. The first-order chi connectivity index (χ1) is 27.2. The minimum absolute atomic E-state index is 0.127. The predicted octanol–water partition coefficient (Wildman–Crippen LogP) is 7.00. The lowest BCUT2D eigenvalue weighted by Gasteiger charge is -2.32. The van der Waals surface area contributed by atoms with Gasteiger partial charge in [0.2, 0.25) is 12.1 Å². The SMILES string of the molecule is COC(=O)NC(C(=O)N1CCCC1c1ncc(-c2ccc3c(c2)OC(c2cc(OC)cc(OC)c2)n2c-3cc3cc(B4OC(C)(C)C(C)(C)O4)ccc32)[nH]1)C(C)C. The van der Waals surface area contributed by atoms with Crippen molar-refractivity contribution < 1.29 is 37.8 Å². The summed E-state index contributed by atoms with van der Waals surface area (Å²) >= 11 is 0. The highest BCUT2D eigenvalue weighted by molar-refractivity contribution is 6.62. The molecular weight excluding hydrogens is 725 g/mol. The zero-order chi connectivity index (χ0) is 40.4. The Balaban J connectivity index is 1.16. The first-order valence-corrected chi connectivity index (χ1v) is 19.5. The quantitative estimate of drug-likeness (QED) is 0.152. The number of hydrogen-bond acceptors (Lipinski definition) is 9. The number of nitrogens with one attached hydrogen (secondary N) is 2. The van der Waals surface area contributed by atoms with E-state index in [1.807, 2.05) is 43.0 Å². The van der Waals surface area contributed by atoms with Crippen LogP contribution in [-0.2, 0) is 18.8 Å². The number of ether oxygens (including phenoxy) is 4. The molecule has 14 heteroatoms. The number of fused-ring (bicyclic) bond motifs is 5. The number of nitrogens with zero attached hydrogens (tertiary/aromatic N) is 3. The maximum atomic E-state index is 13.8. The molecule has 2 fully saturated rings. The number of methoxy groups -OCH3 is 3. The molecule has 0 spiro atoms. The molecule has 2 saturated heterocycles. The van der Waals surface area contributed by atoms with E-state index in [4.69, 9.17) is 33.2 Å². The molecule has 3 unspecified atom stereocenters. The van der Waals surface area contributed by atoms with Gasteiger partial charge in [-0.2, -0.15) is 0 Å². The molecule has 3 aromatic carbocycles. The van der Waals surface area contributed by atoms with Gasteiger partial charge in [0, 0.05) is 34.7 Å². The minimum Gasteiger partial charge on any atom is -0.497 e. The summed E-state index contributed by atoms with van der Waals surface area (Å²) in [5, 5.41) is 3.74. The van der Waals surface area contributed by atoms with Crippen molar-refractivity contribution in [1.82, 2.24) is 24.8 Å². The molecule has 2 N–H and O–H groups in total. The molecule has 3 aliphatic rings. The number of rotatable bonds is 9. The molecule has 2 aromatic heterocycles. The Morgan fingerprint density at radius 3 is 2.33 bits per heavy atom. The van der Waals surface area contributed by atoms with Gasteiger partial charge in [-0.1, -0.05) is 32.0 Å². The first-order valence-electron chi connectivity index (χ1n) is 19.5. The predicted molar refractivity (Wildman–Crippen MR) is 217 cm³/mol. The number of likely N-dealkylation sites (tertiary alicyclic amines) is 1. The number of H-pyrrole nitrogens is 1. The van der Waals surface area contributed by atoms with Crippen molar-refractivity contribution in [1.29, 1.82) is 0 Å². The van der Waals surface area contributed by atoms with Crippen LogP contribution in [0.4, 0.5) is 4.79 Å². The van der Waals surface area contributed by atoms with E-state index < -0.39 is 36.7 Å². The Morgan fingerprint density at radius 1 is 0.947 bits per heavy atom. The molecule has 8 rings (SSSR count). The van der Waals surface area contributed by atoms with Crippen molar-refractivity contribution >= 4 is 35.5 Å². The van der Waals surface area contributed by atoms with Gasteiger partial charge >= 0.3 is 13.2 Å². The van der Waals surface area contributed by atoms with Crippen LogP contribution in [0.1, 0.15) is 78.0 Å². The van der Waals surface area contributed by atoms with Crippen LogP contribution in [-0.4, -0.2) is 83.7 Å². The van der Waals surface area contributed by atoms with Gasteiger partial charge in [-0.05, 0) is 88.3 Å². The van der Waals surface area contributed by atoms with E-state index in [0.717, 1.165) is 57.3 Å². The van der Waals surface area contributed by atoms with Gasteiger partial charge in [0.15, 0.2) is 0 Å². The Hall–Kier alpha value is -5.47. The van der Waals surface area contributed by atoms with Gasteiger partial charge in [-0.25, -0.2) is 9.78 Å². The lowest BCUT2D eigenvalue weighted by atomic mass is 9.78. The highest BCUT2D eigenvalue weighted by atomic mass is 16.7. The third kappa shape index (κ3) is 6.78. The number of imidazole rings is 1. The molecule has 57 heavy (non-hydrogen) atoms. The van der Waals surface area contributed by atoms with E-state index in [1.54, 1.807) is 20.4 Å². The van der Waals surface area contributed by atoms with Crippen molar-refractivity contribution in [2.75, 3.05) is 27.9 Å². The van der Waals surface area contributed by atoms with Crippen molar-refractivity contribution in [2.24, 2.45) is 5.92 Å². The van der Waals surface area contributed by atoms with E-state index in [-0.39, 0.29) is 17.9 Å². The number of carbonyl (C=O) groups is 2. The van der Waals surface area contributed by atoms with Crippen LogP contribution < -0.4 is 25.0 Å². The fraction of sp³-hybridized carbons (Fsp3) is 0.419. The van der Waals surface area contributed by atoms with E-state index in [2.05, 4.69) is 79.0 Å². The second-order valence-corrected chi connectivity index (χ2v) is 16.4. The van der Waals surface area contributed by atoms with Crippen LogP contribution >= 0.6 is 0 Å². The Kier molecular flexibility index (Phi) is 9.76. The van der Waals surface area contributed by atoms with Gasteiger partial charge in [0.25, 0.3) is 0 Å². The van der Waals surface area contributed by atoms with E-state index in [1.165, 1.54) is 7.11 Å². The van der Waals surface area contributed by atoms with Crippen molar-refractivity contribution in [3.05, 3.63) is 78.2 Å². The molecule has 0 radical (unpaired) electrons. The van der Waals surface area contributed by atoms with Crippen LogP contribution in [0.25, 0.3) is 33.4 Å². The monoisotopic (exact) mass is 775 g/mol. The molecule has 0 bridgehead atoms. The molecule has 3 aliphatic heterocycles. The Labute approximate surface area is 333 Å². The average molecular weight is 776 g/mol. The van der Waals surface area contributed by atoms with Crippen LogP contribution in [0.2, 0.25) is 0 Å². The lowest BCUT2D eigenvalue weighted by Crippen LogP contribution is -2.51. The fourth-order valence-electron chi connectivity index (χ4n) is 8.05. The van der Waals surface area contributed by atoms with Gasteiger partial charge in [0.05, 0.1) is 61.7 Å². The number of benzene rings is 3. The summed E-state index contributed by atoms with van der Waals surface area (Å²) in [6.07, 6.45) is 2.18. The highest BCUT2D eigenvalue weighted by Gasteiger charge is 2.52. The fourth-order valence-corrected chi connectivity index (χ4v) is 8.05. The molecule has 298 valence electrons. The zero-order valence-electron chi connectivity index (χ0n) is 34.0. The van der Waals surface area contributed by atoms with E-state index >= 15 is 0 Å². The summed E-state index contributed by atoms with van der Waals surface area (Å²) in [6.45, 7) is 12.6. The van der Waals surface area contributed by atoms with Crippen molar-refractivity contribution in [2.45, 2.75) is 83.9 Å². The van der Waals surface area contributed by atoms with Gasteiger partial charge < -0.3 is 48.0 Å². The molecule has 0 aliphatic carbocycles. The van der Waals surface area contributed by atoms with Gasteiger partial charge in [0.1, 0.15) is 29.1 Å². The Bertz CT molecular complexity index is 2310. The van der Waals surface area contributed by atoms with Gasteiger partial charge in [-0.15, -0.1) is 0 Å². The van der Waals surface area contributed by atoms with Crippen LogP contribution in [0.15, 0.2) is 66.9 Å². The number of hydrogen-bond donors (Lipinski definition) is 2. The molecule has 5 aromatic rings. The Morgan fingerprint density at radius 2 is 1.67 bits per heavy atom. The summed E-state index contributed by atoms with van der Waals surface area (Å²) < 4.78 is 38.2. The molecular formula is C43H50BN5O8. The topological polar surface area (TPSA) is 138 Å².